The molecule has 0 spiro atoms. The van der Waals surface area contributed by atoms with Crippen LogP contribution in [0.25, 0.3) is 0 Å². The molecule has 4 nitrogen and oxygen atoms in total. The molecule has 0 saturated heterocycles. The highest BCUT2D eigenvalue weighted by molar-refractivity contribution is 5.98. The minimum absolute atomic E-state index is 0.129. The number of Topliss-reactive ketones (excluding diaryl/α,β-unsaturated/α-hetero) is 1. The van der Waals surface area contributed by atoms with Crippen LogP contribution in [0.1, 0.15) is 27.7 Å². The Morgan fingerprint density at radius 1 is 1.28 bits per heavy atom. The highest BCUT2D eigenvalue weighted by atomic mass is 16.5. The molecule has 90 valence electrons. The summed E-state index contributed by atoms with van der Waals surface area (Å²) in [7, 11) is 0. The summed E-state index contributed by atoms with van der Waals surface area (Å²) in [5.41, 5.74) is 2.46. The van der Waals surface area contributed by atoms with Gasteiger partial charge in [-0.25, -0.2) is 4.98 Å². The van der Waals surface area contributed by atoms with Crippen LogP contribution >= 0.6 is 0 Å². The Morgan fingerprint density at radius 3 is 3.00 bits per heavy atom. The van der Waals surface area contributed by atoms with Gasteiger partial charge in [0, 0.05) is 12.4 Å². The van der Waals surface area contributed by atoms with Gasteiger partial charge in [-0.3, -0.25) is 9.78 Å². The fourth-order valence-electron chi connectivity index (χ4n) is 2.17. The first-order valence-electron chi connectivity index (χ1n) is 5.86. The maximum Gasteiger partial charge on any atom is 0.215 e. The van der Waals surface area contributed by atoms with Crippen molar-refractivity contribution in [2.45, 2.75) is 12.5 Å². The third-order valence-corrected chi connectivity index (χ3v) is 3.05. The SMILES string of the molecule is O=C(c1cnccn1)C1OCCc2ccccc21. The van der Waals surface area contributed by atoms with Crippen molar-refractivity contribution >= 4 is 5.78 Å². The zero-order valence-electron chi connectivity index (χ0n) is 9.74. The van der Waals surface area contributed by atoms with Crippen molar-refractivity contribution in [2.24, 2.45) is 0 Å². The van der Waals surface area contributed by atoms with Gasteiger partial charge in [0.25, 0.3) is 0 Å². The number of benzene rings is 1. The Hall–Kier alpha value is -2.07. The van der Waals surface area contributed by atoms with E-state index in [2.05, 4.69) is 9.97 Å². The third kappa shape index (κ3) is 1.91. The summed E-state index contributed by atoms with van der Waals surface area (Å²) in [4.78, 5) is 20.3. The Balaban J connectivity index is 1.97. The van der Waals surface area contributed by atoms with E-state index in [0.29, 0.717) is 12.3 Å². The monoisotopic (exact) mass is 240 g/mol. The number of aromatic nitrogens is 2. The summed E-state index contributed by atoms with van der Waals surface area (Å²) in [6.07, 6.45) is 4.84. The summed E-state index contributed by atoms with van der Waals surface area (Å²) < 4.78 is 5.60. The molecule has 18 heavy (non-hydrogen) atoms. The molecule has 1 unspecified atom stereocenters. The van der Waals surface area contributed by atoms with E-state index < -0.39 is 6.10 Å². The van der Waals surface area contributed by atoms with E-state index in [0.717, 1.165) is 12.0 Å². The molecule has 0 amide bonds. The molecule has 4 heteroatoms. The number of carbonyl (C=O) groups is 1. The van der Waals surface area contributed by atoms with Crippen LogP contribution in [0.4, 0.5) is 0 Å². The smallest absolute Gasteiger partial charge is 0.215 e. The summed E-state index contributed by atoms with van der Waals surface area (Å²) in [6.45, 7) is 0.563. The van der Waals surface area contributed by atoms with Gasteiger partial charge in [0.2, 0.25) is 5.78 Å². The van der Waals surface area contributed by atoms with Crippen molar-refractivity contribution in [1.29, 1.82) is 0 Å². The number of fused-ring (bicyclic) bond motifs is 1. The summed E-state index contributed by atoms with van der Waals surface area (Å²) in [5, 5.41) is 0. The molecule has 1 aromatic carbocycles. The average Bonchev–Trinajstić information content (AvgIpc) is 2.47. The van der Waals surface area contributed by atoms with Crippen molar-refractivity contribution in [1.82, 2.24) is 9.97 Å². The van der Waals surface area contributed by atoms with Crippen molar-refractivity contribution in [3.63, 3.8) is 0 Å². The Kier molecular flexibility index (Phi) is 2.86. The topological polar surface area (TPSA) is 52.1 Å². The molecule has 1 aliphatic rings. The van der Waals surface area contributed by atoms with Gasteiger partial charge in [0.1, 0.15) is 11.8 Å². The van der Waals surface area contributed by atoms with Crippen molar-refractivity contribution in [3.8, 4) is 0 Å². The van der Waals surface area contributed by atoms with Crippen molar-refractivity contribution in [2.75, 3.05) is 6.61 Å². The Morgan fingerprint density at radius 2 is 2.17 bits per heavy atom. The lowest BCUT2D eigenvalue weighted by Crippen LogP contribution is -2.24. The van der Waals surface area contributed by atoms with Gasteiger partial charge in [-0.1, -0.05) is 24.3 Å². The molecule has 2 heterocycles. The number of hydrogen-bond donors (Lipinski definition) is 0. The normalized spacial score (nSPS) is 18.1. The zero-order chi connectivity index (χ0) is 12.4. The number of rotatable bonds is 2. The molecule has 0 N–H and O–H groups in total. The van der Waals surface area contributed by atoms with E-state index in [9.17, 15) is 4.79 Å². The van der Waals surface area contributed by atoms with Crippen LogP contribution in [-0.2, 0) is 11.2 Å². The van der Waals surface area contributed by atoms with E-state index in [1.54, 1.807) is 6.20 Å². The molecule has 1 aliphatic heterocycles. The van der Waals surface area contributed by atoms with Gasteiger partial charge in [0.05, 0.1) is 12.8 Å². The zero-order valence-corrected chi connectivity index (χ0v) is 9.74. The number of ether oxygens (including phenoxy) is 1. The molecule has 0 radical (unpaired) electrons. The van der Waals surface area contributed by atoms with Crippen LogP contribution in [0.3, 0.4) is 0 Å². The molecule has 0 fully saturated rings. The van der Waals surface area contributed by atoms with Crippen LogP contribution in [-0.4, -0.2) is 22.4 Å². The van der Waals surface area contributed by atoms with Crippen molar-refractivity contribution in [3.05, 3.63) is 59.7 Å². The van der Waals surface area contributed by atoms with Crippen LogP contribution in [0.2, 0.25) is 0 Å². The Labute approximate surface area is 105 Å². The van der Waals surface area contributed by atoms with E-state index in [1.807, 2.05) is 24.3 Å². The second-order valence-corrected chi connectivity index (χ2v) is 4.15. The lowest BCUT2D eigenvalue weighted by molar-refractivity contribution is 0.0344. The van der Waals surface area contributed by atoms with E-state index in [4.69, 9.17) is 4.74 Å². The highest BCUT2D eigenvalue weighted by Crippen LogP contribution is 2.29. The highest BCUT2D eigenvalue weighted by Gasteiger charge is 2.28. The minimum atomic E-state index is -0.549. The molecular weight excluding hydrogens is 228 g/mol. The standard InChI is InChI=1S/C14H12N2O2/c17-13(12-9-15-6-7-16-12)14-11-4-2-1-3-10(11)5-8-18-14/h1-4,6-7,9,14H,5,8H2. The predicted molar refractivity (Wildman–Crippen MR) is 65.2 cm³/mol. The van der Waals surface area contributed by atoms with Crippen LogP contribution in [0.5, 0.6) is 0 Å². The predicted octanol–water partition coefficient (Wildman–Crippen LogP) is 1.97. The van der Waals surface area contributed by atoms with Crippen molar-refractivity contribution < 1.29 is 9.53 Å². The van der Waals surface area contributed by atoms with Crippen LogP contribution in [0.15, 0.2) is 42.9 Å². The van der Waals surface area contributed by atoms with Gasteiger partial charge in [-0.15, -0.1) is 0 Å². The second-order valence-electron chi connectivity index (χ2n) is 4.15. The average molecular weight is 240 g/mol. The largest absolute Gasteiger partial charge is 0.365 e. The molecule has 0 aliphatic carbocycles. The first-order valence-corrected chi connectivity index (χ1v) is 5.86. The summed E-state index contributed by atoms with van der Waals surface area (Å²) >= 11 is 0. The van der Waals surface area contributed by atoms with Gasteiger partial charge in [0.15, 0.2) is 0 Å². The van der Waals surface area contributed by atoms with Gasteiger partial charge in [-0.05, 0) is 17.5 Å². The maximum absolute atomic E-state index is 12.3. The number of hydrogen-bond acceptors (Lipinski definition) is 4. The first-order chi connectivity index (χ1) is 8.86. The maximum atomic E-state index is 12.3. The Bertz CT molecular complexity index is 569. The molecule has 2 aromatic rings. The fraction of sp³-hybridized carbons (Fsp3) is 0.214. The van der Waals surface area contributed by atoms with Gasteiger partial charge < -0.3 is 4.74 Å². The fourth-order valence-corrected chi connectivity index (χ4v) is 2.17. The van der Waals surface area contributed by atoms with Gasteiger partial charge in [-0.2, -0.15) is 0 Å². The minimum Gasteiger partial charge on any atom is -0.365 e. The molecule has 1 atom stereocenters. The van der Waals surface area contributed by atoms with E-state index in [-0.39, 0.29) is 5.78 Å². The van der Waals surface area contributed by atoms with Crippen LogP contribution in [0, 0.1) is 0 Å². The van der Waals surface area contributed by atoms with E-state index in [1.165, 1.54) is 18.0 Å². The lowest BCUT2D eigenvalue weighted by Gasteiger charge is -2.24. The molecule has 0 saturated carbocycles. The number of ketones is 1. The third-order valence-electron chi connectivity index (χ3n) is 3.05. The molecule has 1 aromatic heterocycles. The lowest BCUT2D eigenvalue weighted by atomic mass is 9.94. The molecule has 3 rings (SSSR count). The van der Waals surface area contributed by atoms with Gasteiger partial charge >= 0.3 is 0 Å². The molecular formula is C14H12N2O2. The first kappa shape index (κ1) is 11.0. The van der Waals surface area contributed by atoms with E-state index >= 15 is 0 Å². The second kappa shape index (κ2) is 4.66. The summed E-state index contributed by atoms with van der Waals surface area (Å²) in [5.74, 6) is -0.129. The quantitative estimate of drug-likeness (QED) is 0.753. The molecule has 0 bridgehead atoms. The van der Waals surface area contributed by atoms with Crippen LogP contribution < -0.4 is 0 Å². The number of nitrogens with zero attached hydrogens (tertiary/aromatic N) is 2. The summed E-state index contributed by atoms with van der Waals surface area (Å²) in [6, 6.07) is 7.88. The number of carbonyl (C=O) groups excluding carboxylic acids is 1.